The highest BCUT2D eigenvalue weighted by Gasteiger charge is 2.41. The molecular weight excluding hydrogens is 240 g/mol. The fourth-order valence-electron chi connectivity index (χ4n) is 1.80. The monoisotopic (exact) mass is 256 g/mol. The van der Waals surface area contributed by atoms with E-state index < -0.39 is 5.97 Å². The zero-order valence-corrected chi connectivity index (χ0v) is 10.5. The van der Waals surface area contributed by atoms with E-state index in [1.54, 1.807) is 12.6 Å². The number of hydrogen-bond donors (Lipinski definition) is 2. The predicted octanol–water partition coefficient (Wildman–Crippen LogP) is 2.07. The molecule has 2 N–H and O–H groups in total. The molecule has 1 aromatic heterocycles. The summed E-state index contributed by atoms with van der Waals surface area (Å²) in [6.45, 7) is 1.56. The molecule has 17 heavy (non-hydrogen) atoms. The Bertz CT molecular complexity index is 401. The molecule has 0 amide bonds. The lowest BCUT2D eigenvalue weighted by Crippen LogP contribution is -2.18. The first-order chi connectivity index (χ1) is 8.17. The lowest BCUT2D eigenvalue weighted by molar-refractivity contribution is 0.0692. The van der Waals surface area contributed by atoms with Gasteiger partial charge in [-0.05, 0) is 24.7 Å². The van der Waals surface area contributed by atoms with Crippen LogP contribution in [0.5, 0.6) is 0 Å². The average Bonchev–Trinajstić information content (AvgIpc) is 2.91. The second-order valence-corrected chi connectivity index (χ2v) is 5.29. The molecular formula is C11H16N2O3S. The van der Waals surface area contributed by atoms with Gasteiger partial charge < -0.3 is 15.2 Å². The quantitative estimate of drug-likeness (QED) is 0.781. The van der Waals surface area contributed by atoms with Gasteiger partial charge in [-0.25, -0.2) is 9.78 Å². The molecule has 0 aromatic carbocycles. The van der Waals surface area contributed by atoms with E-state index in [4.69, 9.17) is 9.84 Å². The van der Waals surface area contributed by atoms with Crippen molar-refractivity contribution in [3.8, 4) is 0 Å². The maximum Gasteiger partial charge on any atom is 0.357 e. The van der Waals surface area contributed by atoms with Crippen molar-refractivity contribution in [1.29, 1.82) is 0 Å². The first-order valence-corrected chi connectivity index (χ1v) is 6.44. The van der Waals surface area contributed by atoms with Gasteiger partial charge in [0.2, 0.25) is 0 Å². The first-order valence-electron chi connectivity index (χ1n) is 5.56. The van der Waals surface area contributed by atoms with Crippen LogP contribution in [0.15, 0.2) is 5.51 Å². The number of carboxylic acid groups (broad SMARTS) is 1. The van der Waals surface area contributed by atoms with E-state index in [0.717, 1.165) is 19.6 Å². The standard InChI is InChI=1S/C11H16N2O3S/c1-16-5-4-11(2-3-11)6-12-9-8(10(14)15)13-7-17-9/h7,12H,2-6H2,1H3,(H,14,15). The predicted molar refractivity (Wildman–Crippen MR) is 65.7 cm³/mol. The molecule has 94 valence electrons. The number of rotatable bonds is 7. The molecule has 2 rings (SSSR count). The largest absolute Gasteiger partial charge is 0.476 e. The SMILES string of the molecule is COCCC1(CNc2scnc2C(=O)O)CC1. The molecule has 1 saturated carbocycles. The molecule has 5 nitrogen and oxygen atoms in total. The second-order valence-electron chi connectivity index (χ2n) is 4.43. The summed E-state index contributed by atoms with van der Waals surface area (Å²) in [5, 5.41) is 12.8. The van der Waals surface area contributed by atoms with Crippen LogP contribution < -0.4 is 5.32 Å². The highest BCUT2D eigenvalue weighted by molar-refractivity contribution is 7.14. The van der Waals surface area contributed by atoms with Crippen LogP contribution in [0.2, 0.25) is 0 Å². The zero-order chi connectivity index (χ0) is 12.3. The van der Waals surface area contributed by atoms with Crippen molar-refractivity contribution < 1.29 is 14.6 Å². The van der Waals surface area contributed by atoms with Gasteiger partial charge in [-0.1, -0.05) is 0 Å². The smallest absolute Gasteiger partial charge is 0.357 e. The van der Waals surface area contributed by atoms with Crippen molar-refractivity contribution in [1.82, 2.24) is 4.98 Å². The minimum atomic E-state index is -0.976. The fraction of sp³-hybridized carbons (Fsp3) is 0.636. The molecule has 0 saturated heterocycles. The van der Waals surface area contributed by atoms with Gasteiger partial charge in [-0.3, -0.25) is 0 Å². The molecule has 1 fully saturated rings. The number of ether oxygens (including phenoxy) is 1. The Balaban J connectivity index is 1.89. The third kappa shape index (κ3) is 2.95. The van der Waals surface area contributed by atoms with Crippen LogP contribution in [-0.2, 0) is 4.74 Å². The topological polar surface area (TPSA) is 71.5 Å². The number of hydrogen-bond acceptors (Lipinski definition) is 5. The number of methoxy groups -OCH3 is 1. The van der Waals surface area contributed by atoms with E-state index in [1.807, 2.05) is 0 Å². The van der Waals surface area contributed by atoms with Crippen molar-refractivity contribution in [2.75, 3.05) is 25.6 Å². The van der Waals surface area contributed by atoms with Crippen molar-refractivity contribution in [3.05, 3.63) is 11.2 Å². The van der Waals surface area contributed by atoms with E-state index in [0.29, 0.717) is 10.4 Å². The lowest BCUT2D eigenvalue weighted by Gasteiger charge is -2.15. The number of aromatic nitrogens is 1. The van der Waals surface area contributed by atoms with E-state index in [9.17, 15) is 4.79 Å². The molecule has 6 heteroatoms. The summed E-state index contributed by atoms with van der Waals surface area (Å²) in [7, 11) is 1.70. The van der Waals surface area contributed by atoms with Crippen molar-refractivity contribution in [3.63, 3.8) is 0 Å². The van der Waals surface area contributed by atoms with Crippen molar-refractivity contribution >= 4 is 22.3 Å². The molecule has 1 aromatic rings. The number of nitrogens with zero attached hydrogens (tertiary/aromatic N) is 1. The van der Waals surface area contributed by atoms with Crippen LogP contribution in [0.3, 0.4) is 0 Å². The third-order valence-electron chi connectivity index (χ3n) is 3.19. The number of nitrogens with one attached hydrogen (secondary N) is 1. The molecule has 1 heterocycles. The Morgan fingerprint density at radius 1 is 1.71 bits per heavy atom. The third-order valence-corrected chi connectivity index (χ3v) is 3.97. The van der Waals surface area contributed by atoms with Crippen molar-refractivity contribution in [2.24, 2.45) is 5.41 Å². The first kappa shape index (κ1) is 12.3. The van der Waals surface area contributed by atoms with Crippen LogP contribution in [-0.4, -0.2) is 36.3 Å². The van der Waals surface area contributed by atoms with Crippen LogP contribution >= 0.6 is 11.3 Å². The second kappa shape index (κ2) is 5.01. The van der Waals surface area contributed by atoms with Gasteiger partial charge >= 0.3 is 5.97 Å². The molecule has 0 unspecified atom stereocenters. The number of thiazole rings is 1. The van der Waals surface area contributed by atoms with Crippen LogP contribution in [0.25, 0.3) is 0 Å². The summed E-state index contributed by atoms with van der Waals surface area (Å²) in [4.78, 5) is 14.7. The minimum absolute atomic E-state index is 0.123. The molecule has 1 aliphatic carbocycles. The summed E-state index contributed by atoms with van der Waals surface area (Å²) in [6, 6.07) is 0. The Labute approximate surface area is 104 Å². The summed E-state index contributed by atoms with van der Waals surface area (Å²) in [5.41, 5.74) is 1.98. The summed E-state index contributed by atoms with van der Waals surface area (Å²) < 4.78 is 5.09. The summed E-state index contributed by atoms with van der Waals surface area (Å²) in [5.74, 6) is -0.976. The Hall–Kier alpha value is -1.14. The molecule has 0 radical (unpaired) electrons. The number of aromatic carboxylic acids is 1. The van der Waals surface area contributed by atoms with Gasteiger partial charge in [0.05, 0.1) is 5.51 Å². The Morgan fingerprint density at radius 2 is 2.47 bits per heavy atom. The Morgan fingerprint density at radius 3 is 3.06 bits per heavy atom. The van der Waals surface area contributed by atoms with Crippen LogP contribution in [0.4, 0.5) is 5.00 Å². The van der Waals surface area contributed by atoms with Gasteiger partial charge in [0.1, 0.15) is 5.00 Å². The highest BCUT2D eigenvalue weighted by atomic mass is 32.1. The molecule has 0 bridgehead atoms. The van der Waals surface area contributed by atoms with Gasteiger partial charge in [-0.15, -0.1) is 11.3 Å². The summed E-state index contributed by atoms with van der Waals surface area (Å²) >= 11 is 1.34. The number of carboxylic acids is 1. The van der Waals surface area contributed by atoms with E-state index in [-0.39, 0.29) is 5.69 Å². The molecule has 0 spiro atoms. The Kier molecular flexibility index (Phi) is 3.63. The van der Waals surface area contributed by atoms with E-state index >= 15 is 0 Å². The normalized spacial score (nSPS) is 16.8. The van der Waals surface area contributed by atoms with E-state index in [2.05, 4.69) is 10.3 Å². The van der Waals surface area contributed by atoms with E-state index in [1.165, 1.54) is 24.2 Å². The van der Waals surface area contributed by atoms with Crippen LogP contribution in [0, 0.1) is 5.41 Å². The van der Waals surface area contributed by atoms with Gasteiger partial charge in [0.25, 0.3) is 0 Å². The highest BCUT2D eigenvalue weighted by Crippen LogP contribution is 2.48. The average molecular weight is 256 g/mol. The van der Waals surface area contributed by atoms with Crippen molar-refractivity contribution in [2.45, 2.75) is 19.3 Å². The fourth-order valence-corrected chi connectivity index (χ4v) is 2.47. The molecule has 1 aliphatic rings. The van der Waals surface area contributed by atoms with Crippen LogP contribution in [0.1, 0.15) is 29.8 Å². The minimum Gasteiger partial charge on any atom is -0.476 e. The number of carbonyl (C=O) groups is 1. The zero-order valence-electron chi connectivity index (χ0n) is 9.73. The lowest BCUT2D eigenvalue weighted by atomic mass is 10.0. The molecule has 0 atom stereocenters. The summed E-state index contributed by atoms with van der Waals surface area (Å²) in [6.07, 6.45) is 3.40. The van der Waals surface area contributed by atoms with Gasteiger partial charge in [0.15, 0.2) is 5.69 Å². The molecule has 0 aliphatic heterocycles. The van der Waals surface area contributed by atoms with Gasteiger partial charge in [-0.2, -0.15) is 0 Å². The maximum atomic E-state index is 10.9. The van der Waals surface area contributed by atoms with Gasteiger partial charge in [0, 0.05) is 20.3 Å². The number of anilines is 1. The maximum absolute atomic E-state index is 10.9.